The van der Waals surface area contributed by atoms with Crippen LogP contribution in [0.4, 0.5) is 0 Å². The Morgan fingerprint density at radius 2 is 1.94 bits per heavy atom. The molecule has 5 heteroatoms. The zero-order chi connectivity index (χ0) is 11.7. The summed E-state index contributed by atoms with van der Waals surface area (Å²) in [7, 11) is 0. The summed E-state index contributed by atoms with van der Waals surface area (Å²) in [5.74, 6) is -0.124. The molecule has 0 aliphatic heterocycles. The molecule has 0 unspecified atom stereocenters. The summed E-state index contributed by atoms with van der Waals surface area (Å²) in [6, 6.07) is 4.86. The maximum Gasteiger partial charge on any atom is 0.196 e. The van der Waals surface area contributed by atoms with Crippen molar-refractivity contribution >= 4 is 56.3 Å². The van der Waals surface area contributed by atoms with E-state index in [0.29, 0.717) is 21.2 Å². The molecule has 0 fully saturated rings. The van der Waals surface area contributed by atoms with Crippen LogP contribution in [0.5, 0.6) is 0 Å². The second-order valence-corrected chi connectivity index (χ2v) is 5.53. The van der Waals surface area contributed by atoms with Gasteiger partial charge in [0.2, 0.25) is 0 Å². The van der Waals surface area contributed by atoms with Crippen LogP contribution in [0.1, 0.15) is 15.9 Å². The van der Waals surface area contributed by atoms with E-state index in [1.165, 1.54) is 11.3 Å². The molecule has 0 aliphatic carbocycles. The monoisotopic (exact) mass is 334 g/mol. The Hall–Kier alpha value is -0.350. The highest BCUT2D eigenvalue weighted by atomic mass is 79.9. The third-order valence-corrected chi connectivity index (χ3v) is 4.30. The average Bonchev–Trinajstić information content (AvgIpc) is 2.67. The van der Waals surface area contributed by atoms with E-state index in [-0.39, 0.29) is 5.78 Å². The van der Waals surface area contributed by atoms with Crippen LogP contribution < -0.4 is 0 Å². The molecule has 2 aromatic rings. The highest BCUT2D eigenvalue weighted by Crippen LogP contribution is 2.28. The summed E-state index contributed by atoms with van der Waals surface area (Å²) < 4.78 is 0.776. The van der Waals surface area contributed by atoms with Crippen LogP contribution in [-0.2, 0) is 0 Å². The van der Waals surface area contributed by atoms with Crippen molar-refractivity contribution in [2.24, 2.45) is 0 Å². The van der Waals surface area contributed by atoms with Gasteiger partial charge in [-0.3, -0.25) is 4.79 Å². The lowest BCUT2D eigenvalue weighted by molar-refractivity contribution is 0.103. The molecule has 0 amide bonds. The van der Waals surface area contributed by atoms with E-state index in [4.69, 9.17) is 23.2 Å². The molecule has 0 saturated carbocycles. The van der Waals surface area contributed by atoms with Gasteiger partial charge in [-0.2, -0.15) is 11.3 Å². The fourth-order valence-corrected chi connectivity index (χ4v) is 3.09. The molecule has 0 bridgehead atoms. The van der Waals surface area contributed by atoms with Gasteiger partial charge in [0, 0.05) is 31.4 Å². The number of hydrogen-bond donors (Lipinski definition) is 0. The number of carbonyl (C=O) groups is 1. The Balaban J connectivity index is 2.49. The normalized spacial score (nSPS) is 10.4. The van der Waals surface area contributed by atoms with E-state index in [2.05, 4.69) is 15.9 Å². The van der Waals surface area contributed by atoms with E-state index in [0.717, 1.165) is 4.47 Å². The minimum absolute atomic E-state index is 0.124. The number of benzene rings is 1. The zero-order valence-electron chi connectivity index (χ0n) is 7.84. The van der Waals surface area contributed by atoms with Crippen LogP contribution in [0.2, 0.25) is 10.0 Å². The number of ketones is 1. The second-order valence-electron chi connectivity index (χ2n) is 3.09. The predicted molar refractivity (Wildman–Crippen MR) is 71.9 cm³/mol. The maximum absolute atomic E-state index is 12.1. The first-order chi connectivity index (χ1) is 7.59. The van der Waals surface area contributed by atoms with Crippen LogP contribution in [0.3, 0.4) is 0 Å². The van der Waals surface area contributed by atoms with Crippen molar-refractivity contribution < 1.29 is 4.79 Å². The third kappa shape index (κ3) is 2.33. The molecule has 0 saturated heterocycles. The first kappa shape index (κ1) is 12.1. The Morgan fingerprint density at radius 1 is 1.19 bits per heavy atom. The summed E-state index contributed by atoms with van der Waals surface area (Å²) in [4.78, 5) is 12.1. The Morgan fingerprint density at radius 3 is 2.56 bits per heavy atom. The average molecular weight is 336 g/mol. The number of rotatable bonds is 2. The van der Waals surface area contributed by atoms with Crippen molar-refractivity contribution in [3.63, 3.8) is 0 Å². The van der Waals surface area contributed by atoms with Gasteiger partial charge in [-0.1, -0.05) is 23.2 Å². The summed E-state index contributed by atoms with van der Waals surface area (Å²) >= 11 is 16.6. The van der Waals surface area contributed by atoms with Crippen molar-refractivity contribution in [1.29, 1.82) is 0 Å². The predicted octanol–water partition coefficient (Wildman–Crippen LogP) is 5.05. The minimum atomic E-state index is -0.124. The van der Waals surface area contributed by atoms with Crippen LogP contribution in [-0.4, -0.2) is 5.78 Å². The fourth-order valence-electron chi connectivity index (χ4n) is 1.26. The quantitative estimate of drug-likeness (QED) is 0.702. The standard InChI is InChI=1S/C11H5BrCl2OS/c12-9-5-16-4-8(9)11(15)7-3-6(13)1-2-10(7)14/h1-5H. The highest BCUT2D eigenvalue weighted by molar-refractivity contribution is 9.10. The van der Waals surface area contributed by atoms with Gasteiger partial charge in [0.1, 0.15) is 0 Å². The Bertz CT molecular complexity index is 551. The zero-order valence-corrected chi connectivity index (χ0v) is 11.8. The molecular formula is C11H5BrCl2OS. The van der Waals surface area contributed by atoms with Gasteiger partial charge < -0.3 is 0 Å². The molecule has 1 aromatic carbocycles. The molecule has 0 radical (unpaired) electrons. The van der Waals surface area contributed by atoms with Crippen molar-refractivity contribution in [1.82, 2.24) is 0 Å². The Labute approximate surface area is 115 Å². The molecule has 0 N–H and O–H groups in total. The summed E-state index contributed by atoms with van der Waals surface area (Å²) in [5.41, 5.74) is 1.03. The molecule has 0 spiro atoms. The highest BCUT2D eigenvalue weighted by Gasteiger charge is 2.16. The molecular weight excluding hydrogens is 331 g/mol. The summed E-state index contributed by atoms with van der Waals surface area (Å²) in [6.45, 7) is 0. The molecule has 1 nitrogen and oxygen atoms in total. The molecule has 0 aliphatic rings. The van der Waals surface area contributed by atoms with Gasteiger partial charge in [0.05, 0.1) is 5.02 Å². The summed E-state index contributed by atoms with van der Waals surface area (Å²) in [6.07, 6.45) is 0. The van der Waals surface area contributed by atoms with Crippen molar-refractivity contribution in [3.8, 4) is 0 Å². The molecule has 16 heavy (non-hydrogen) atoms. The second kappa shape index (κ2) is 4.88. The lowest BCUT2D eigenvalue weighted by Gasteiger charge is -2.03. The van der Waals surface area contributed by atoms with Gasteiger partial charge >= 0.3 is 0 Å². The number of hydrogen-bond acceptors (Lipinski definition) is 2. The lowest BCUT2D eigenvalue weighted by Crippen LogP contribution is -2.01. The van der Waals surface area contributed by atoms with E-state index in [9.17, 15) is 4.79 Å². The minimum Gasteiger partial charge on any atom is -0.288 e. The van der Waals surface area contributed by atoms with Gasteiger partial charge in [-0.05, 0) is 34.1 Å². The Kier molecular flexibility index (Phi) is 3.70. The van der Waals surface area contributed by atoms with Crippen LogP contribution >= 0.6 is 50.5 Å². The summed E-state index contributed by atoms with van der Waals surface area (Å²) in [5, 5.41) is 4.54. The van der Waals surface area contributed by atoms with Crippen molar-refractivity contribution in [2.75, 3.05) is 0 Å². The lowest BCUT2D eigenvalue weighted by atomic mass is 10.1. The maximum atomic E-state index is 12.1. The molecule has 2 rings (SSSR count). The smallest absolute Gasteiger partial charge is 0.196 e. The van der Waals surface area contributed by atoms with Gasteiger partial charge in [-0.25, -0.2) is 0 Å². The third-order valence-electron chi connectivity index (χ3n) is 2.03. The number of halogens is 3. The SMILES string of the molecule is O=C(c1cc(Cl)ccc1Cl)c1cscc1Br. The largest absolute Gasteiger partial charge is 0.288 e. The van der Waals surface area contributed by atoms with Gasteiger partial charge in [0.25, 0.3) is 0 Å². The topological polar surface area (TPSA) is 17.1 Å². The molecule has 82 valence electrons. The van der Waals surface area contributed by atoms with Crippen LogP contribution in [0.15, 0.2) is 33.4 Å². The van der Waals surface area contributed by atoms with Crippen molar-refractivity contribution in [2.45, 2.75) is 0 Å². The fraction of sp³-hybridized carbons (Fsp3) is 0. The van der Waals surface area contributed by atoms with E-state index in [1.54, 1.807) is 23.6 Å². The van der Waals surface area contributed by atoms with Crippen LogP contribution in [0.25, 0.3) is 0 Å². The first-order valence-corrected chi connectivity index (χ1v) is 6.80. The van der Waals surface area contributed by atoms with E-state index < -0.39 is 0 Å². The molecule has 1 aromatic heterocycles. The first-order valence-electron chi connectivity index (χ1n) is 4.31. The number of carbonyl (C=O) groups excluding carboxylic acids is 1. The van der Waals surface area contributed by atoms with E-state index >= 15 is 0 Å². The van der Waals surface area contributed by atoms with Gasteiger partial charge in [0.15, 0.2) is 5.78 Å². The van der Waals surface area contributed by atoms with Crippen molar-refractivity contribution in [3.05, 3.63) is 54.6 Å². The number of thiophene rings is 1. The van der Waals surface area contributed by atoms with Gasteiger partial charge in [-0.15, -0.1) is 0 Å². The van der Waals surface area contributed by atoms with E-state index in [1.807, 2.05) is 5.38 Å². The molecule has 1 heterocycles. The molecule has 0 atom stereocenters. The van der Waals surface area contributed by atoms with Crippen LogP contribution in [0, 0.1) is 0 Å².